The summed E-state index contributed by atoms with van der Waals surface area (Å²) in [6.07, 6.45) is 0.739. The fourth-order valence-corrected chi connectivity index (χ4v) is 2.39. The van der Waals surface area contributed by atoms with Crippen LogP contribution in [0, 0.1) is 0 Å². The van der Waals surface area contributed by atoms with Crippen molar-refractivity contribution in [3.8, 4) is 5.75 Å². The van der Waals surface area contributed by atoms with Gasteiger partial charge in [0.25, 0.3) is 5.91 Å². The van der Waals surface area contributed by atoms with E-state index in [1.807, 2.05) is 24.3 Å². The quantitative estimate of drug-likeness (QED) is 0.816. The average Bonchev–Trinajstić information content (AvgIpc) is 2.49. The van der Waals surface area contributed by atoms with E-state index in [-0.39, 0.29) is 5.91 Å². The van der Waals surface area contributed by atoms with E-state index in [1.165, 1.54) is 0 Å². The SMILES string of the molecule is COc1cccc(CCNC(=O)c2cc(N)ccc2Br)c1. The first kappa shape index (κ1) is 15.4. The molecule has 5 heteroatoms. The van der Waals surface area contributed by atoms with Gasteiger partial charge in [-0.15, -0.1) is 0 Å². The molecule has 0 saturated carbocycles. The van der Waals surface area contributed by atoms with E-state index in [2.05, 4.69) is 21.2 Å². The number of nitrogens with two attached hydrogens (primary N) is 1. The Morgan fingerprint density at radius 1 is 1.29 bits per heavy atom. The Hall–Kier alpha value is -2.01. The van der Waals surface area contributed by atoms with E-state index in [0.29, 0.717) is 17.8 Å². The van der Waals surface area contributed by atoms with E-state index in [1.54, 1.807) is 25.3 Å². The van der Waals surface area contributed by atoms with Crippen molar-refractivity contribution in [2.24, 2.45) is 0 Å². The zero-order valence-electron chi connectivity index (χ0n) is 11.7. The number of benzene rings is 2. The van der Waals surface area contributed by atoms with Crippen molar-refractivity contribution in [1.29, 1.82) is 0 Å². The molecule has 2 aromatic rings. The summed E-state index contributed by atoms with van der Waals surface area (Å²) in [7, 11) is 1.64. The van der Waals surface area contributed by atoms with Gasteiger partial charge in [0.05, 0.1) is 12.7 Å². The molecule has 0 aromatic heterocycles. The third kappa shape index (κ3) is 4.23. The molecule has 0 radical (unpaired) electrons. The van der Waals surface area contributed by atoms with E-state index in [4.69, 9.17) is 10.5 Å². The van der Waals surface area contributed by atoms with Gasteiger partial charge in [-0.1, -0.05) is 12.1 Å². The van der Waals surface area contributed by atoms with Crippen molar-refractivity contribution in [2.75, 3.05) is 19.4 Å². The highest BCUT2D eigenvalue weighted by atomic mass is 79.9. The van der Waals surface area contributed by atoms with Crippen molar-refractivity contribution in [3.63, 3.8) is 0 Å². The van der Waals surface area contributed by atoms with Gasteiger partial charge in [-0.25, -0.2) is 0 Å². The summed E-state index contributed by atoms with van der Waals surface area (Å²) in [5, 5.41) is 2.89. The van der Waals surface area contributed by atoms with Crippen LogP contribution in [0.25, 0.3) is 0 Å². The molecule has 0 aliphatic carbocycles. The van der Waals surface area contributed by atoms with Crippen LogP contribution in [0.1, 0.15) is 15.9 Å². The molecule has 0 spiro atoms. The largest absolute Gasteiger partial charge is 0.497 e. The second-order valence-electron chi connectivity index (χ2n) is 4.60. The van der Waals surface area contributed by atoms with E-state index in [9.17, 15) is 4.79 Å². The Bertz CT molecular complexity index is 644. The minimum atomic E-state index is -0.142. The summed E-state index contributed by atoms with van der Waals surface area (Å²) in [6.45, 7) is 0.549. The topological polar surface area (TPSA) is 64.3 Å². The Balaban J connectivity index is 1.93. The minimum Gasteiger partial charge on any atom is -0.497 e. The molecule has 3 N–H and O–H groups in total. The highest BCUT2D eigenvalue weighted by Crippen LogP contribution is 2.19. The summed E-state index contributed by atoms with van der Waals surface area (Å²) in [6, 6.07) is 13.0. The van der Waals surface area contributed by atoms with Crippen LogP contribution in [-0.2, 0) is 6.42 Å². The van der Waals surface area contributed by atoms with E-state index < -0.39 is 0 Å². The standard InChI is InChI=1S/C16H17BrN2O2/c1-21-13-4-2-3-11(9-13)7-8-19-16(20)14-10-12(18)5-6-15(14)17/h2-6,9-10H,7-8,18H2,1H3,(H,19,20). The summed E-state index contributed by atoms with van der Waals surface area (Å²) >= 11 is 3.35. The Labute approximate surface area is 132 Å². The van der Waals surface area contributed by atoms with Gasteiger partial charge in [-0.2, -0.15) is 0 Å². The molecule has 0 atom stereocenters. The molecule has 4 nitrogen and oxygen atoms in total. The van der Waals surface area contributed by atoms with Gasteiger partial charge in [0.15, 0.2) is 0 Å². The maximum absolute atomic E-state index is 12.1. The molecular formula is C16H17BrN2O2. The second kappa shape index (κ2) is 7.13. The Kier molecular flexibility index (Phi) is 5.22. The molecule has 0 heterocycles. The maximum atomic E-state index is 12.1. The smallest absolute Gasteiger partial charge is 0.252 e. The van der Waals surface area contributed by atoms with Crippen molar-refractivity contribution >= 4 is 27.5 Å². The monoisotopic (exact) mass is 348 g/mol. The van der Waals surface area contributed by atoms with Crippen molar-refractivity contribution < 1.29 is 9.53 Å². The molecule has 21 heavy (non-hydrogen) atoms. The molecule has 0 bridgehead atoms. The lowest BCUT2D eigenvalue weighted by Crippen LogP contribution is -2.26. The number of rotatable bonds is 5. The number of halogens is 1. The van der Waals surface area contributed by atoms with Gasteiger partial charge in [0.2, 0.25) is 0 Å². The van der Waals surface area contributed by atoms with Gasteiger partial charge >= 0.3 is 0 Å². The van der Waals surface area contributed by atoms with E-state index in [0.717, 1.165) is 22.2 Å². The van der Waals surface area contributed by atoms with Gasteiger partial charge < -0.3 is 15.8 Å². The highest BCUT2D eigenvalue weighted by Gasteiger charge is 2.09. The van der Waals surface area contributed by atoms with Crippen LogP contribution in [0.15, 0.2) is 46.9 Å². The number of carbonyl (C=O) groups excluding carboxylic acids is 1. The first-order valence-corrected chi connectivity index (χ1v) is 7.35. The van der Waals surface area contributed by atoms with Crippen LogP contribution < -0.4 is 15.8 Å². The van der Waals surface area contributed by atoms with Crippen LogP contribution in [-0.4, -0.2) is 19.6 Å². The molecule has 0 aliphatic rings. The molecule has 0 fully saturated rings. The first-order chi connectivity index (χ1) is 10.1. The number of hydrogen-bond donors (Lipinski definition) is 2. The molecular weight excluding hydrogens is 332 g/mol. The summed E-state index contributed by atoms with van der Waals surface area (Å²) in [4.78, 5) is 12.1. The molecule has 0 aliphatic heterocycles. The number of ether oxygens (including phenoxy) is 1. The number of carbonyl (C=O) groups is 1. The summed E-state index contributed by atoms with van der Waals surface area (Å²) < 4.78 is 5.91. The second-order valence-corrected chi connectivity index (χ2v) is 5.45. The zero-order chi connectivity index (χ0) is 15.2. The lowest BCUT2D eigenvalue weighted by atomic mass is 10.1. The third-order valence-electron chi connectivity index (χ3n) is 3.07. The lowest BCUT2D eigenvalue weighted by Gasteiger charge is -2.08. The Morgan fingerprint density at radius 2 is 2.10 bits per heavy atom. The predicted molar refractivity (Wildman–Crippen MR) is 87.6 cm³/mol. The molecule has 0 unspecified atom stereocenters. The molecule has 1 amide bonds. The predicted octanol–water partition coefficient (Wildman–Crippen LogP) is 3.01. The first-order valence-electron chi connectivity index (χ1n) is 6.56. The minimum absolute atomic E-state index is 0.142. The number of amides is 1. The van der Waals surface area contributed by atoms with Crippen LogP contribution in [0.5, 0.6) is 5.75 Å². The number of hydrogen-bond acceptors (Lipinski definition) is 3. The molecule has 2 aromatic carbocycles. The fraction of sp³-hybridized carbons (Fsp3) is 0.188. The maximum Gasteiger partial charge on any atom is 0.252 e. The number of anilines is 1. The Morgan fingerprint density at radius 3 is 2.86 bits per heavy atom. The summed E-state index contributed by atoms with van der Waals surface area (Å²) in [5.74, 6) is 0.675. The van der Waals surface area contributed by atoms with Gasteiger partial charge in [-0.3, -0.25) is 4.79 Å². The van der Waals surface area contributed by atoms with Crippen molar-refractivity contribution in [3.05, 3.63) is 58.1 Å². The number of nitrogen functional groups attached to an aromatic ring is 1. The summed E-state index contributed by atoms with van der Waals surface area (Å²) in [5.41, 5.74) is 7.92. The van der Waals surface area contributed by atoms with E-state index >= 15 is 0 Å². The fourth-order valence-electron chi connectivity index (χ4n) is 1.96. The van der Waals surface area contributed by atoms with Gasteiger partial charge in [0.1, 0.15) is 5.75 Å². The molecule has 2 rings (SSSR count). The third-order valence-corrected chi connectivity index (χ3v) is 3.76. The lowest BCUT2D eigenvalue weighted by molar-refractivity contribution is 0.0953. The average molecular weight is 349 g/mol. The van der Waals surface area contributed by atoms with Crippen LogP contribution in [0.3, 0.4) is 0 Å². The van der Waals surface area contributed by atoms with Crippen LogP contribution >= 0.6 is 15.9 Å². The van der Waals surface area contributed by atoms with Crippen molar-refractivity contribution in [1.82, 2.24) is 5.32 Å². The molecule has 0 saturated heterocycles. The van der Waals surface area contributed by atoms with Gasteiger partial charge in [-0.05, 0) is 58.2 Å². The number of methoxy groups -OCH3 is 1. The molecule has 110 valence electrons. The van der Waals surface area contributed by atoms with Crippen LogP contribution in [0.4, 0.5) is 5.69 Å². The normalized spacial score (nSPS) is 10.2. The number of nitrogens with one attached hydrogen (secondary N) is 1. The van der Waals surface area contributed by atoms with Crippen molar-refractivity contribution in [2.45, 2.75) is 6.42 Å². The zero-order valence-corrected chi connectivity index (χ0v) is 13.3. The highest BCUT2D eigenvalue weighted by molar-refractivity contribution is 9.10. The van der Waals surface area contributed by atoms with Crippen LogP contribution in [0.2, 0.25) is 0 Å². The van der Waals surface area contributed by atoms with Gasteiger partial charge in [0, 0.05) is 16.7 Å².